The van der Waals surface area contributed by atoms with Crippen LogP contribution in [0.4, 0.5) is 5.69 Å². The van der Waals surface area contributed by atoms with Crippen molar-refractivity contribution in [3.8, 4) is 0 Å². The number of aromatic amines is 1. The molecule has 1 amide bonds. The number of amides is 1. The van der Waals surface area contributed by atoms with E-state index in [0.717, 1.165) is 49.8 Å². The van der Waals surface area contributed by atoms with E-state index in [4.69, 9.17) is 0 Å². The van der Waals surface area contributed by atoms with E-state index in [2.05, 4.69) is 25.5 Å². The van der Waals surface area contributed by atoms with Crippen molar-refractivity contribution in [3.63, 3.8) is 0 Å². The maximum absolute atomic E-state index is 12.5. The van der Waals surface area contributed by atoms with Gasteiger partial charge in [0.1, 0.15) is 11.4 Å². The van der Waals surface area contributed by atoms with Gasteiger partial charge < -0.3 is 5.32 Å². The Kier molecular flexibility index (Phi) is 5.90. The van der Waals surface area contributed by atoms with Crippen LogP contribution in [0.2, 0.25) is 0 Å². The number of benzene rings is 2. The van der Waals surface area contributed by atoms with Crippen LogP contribution in [-0.2, 0) is 10.5 Å². The first-order valence-electron chi connectivity index (χ1n) is 9.51. The summed E-state index contributed by atoms with van der Waals surface area (Å²) in [7, 11) is 0. The van der Waals surface area contributed by atoms with Crippen molar-refractivity contribution in [2.45, 2.75) is 24.6 Å². The molecule has 0 bridgehead atoms. The molecular weight excluding hydrogens is 394 g/mol. The van der Waals surface area contributed by atoms with E-state index in [1.165, 1.54) is 6.33 Å². The predicted molar refractivity (Wildman–Crippen MR) is 121 cm³/mol. The fraction of sp³-hybridized carbons (Fsp3) is 0.130. The summed E-state index contributed by atoms with van der Waals surface area (Å²) in [4.78, 5) is 21.0. The van der Waals surface area contributed by atoms with E-state index in [-0.39, 0.29) is 5.91 Å². The molecule has 0 aliphatic heterocycles. The number of aryl methyl sites for hydroxylation is 1. The van der Waals surface area contributed by atoms with Gasteiger partial charge >= 0.3 is 0 Å². The van der Waals surface area contributed by atoms with Crippen LogP contribution in [0.25, 0.3) is 16.6 Å². The zero-order chi connectivity index (χ0) is 20.9. The summed E-state index contributed by atoms with van der Waals surface area (Å²) < 4.78 is 0. The van der Waals surface area contributed by atoms with Gasteiger partial charge in [-0.05, 0) is 48.2 Å². The van der Waals surface area contributed by atoms with Crippen LogP contribution >= 0.6 is 11.8 Å². The van der Waals surface area contributed by atoms with Gasteiger partial charge in [-0.25, -0.2) is 9.97 Å². The van der Waals surface area contributed by atoms with Crippen LogP contribution < -0.4 is 5.32 Å². The number of rotatable bonds is 6. The lowest BCUT2D eigenvalue weighted by Gasteiger charge is -2.08. The Labute approximate surface area is 178 Å². The van der Waals surface area contributed by atoms with Crippen LogP contribution in [0.5, 0.6) is 0 Å². The normalized spacial score (nSPS) is 11.6. The number of fused-ring (bicyclic) bond motifs is 1. The average Bonchev–Trinajstić information content (AvgIpc) is 3.22. The van der Waals surface area contributed by atoms with Gasteiger partial charge in [0, 0.05) is 17.5 Å². The van der Waals surface area contributed by atoms with Gasteiger partial charge in [0.25, 0.3) is 0 Å². The highest BCUT2D eigenvalue weighted by molar-refractivity contribution is 7.98. The molecule has 0 unspecified atom stereocenters. The SMILES string of the molecule is CC(=CC(=O)Nc1cccc(CSc2ncnc3[nH]ncc23)c1)c1ccccc1C. The number of hydrogen-bond donors (Lipinski definition) is 2. The largest absolute Gasteiger partial charge is 0.322 e. The van der Waals surface area contributed by atoms with Gasteiger partial charge in [0.15, 0.2) is 5.65 Å². The standard InChI is InChI=1S/C23H21N5OS/c1-15-6-3-4-9-19(15)16(2)10-21(29)27-18-8-5-7-17(11-18)13-30-23-20-12-26-28-22(20)24-14-25-23/h3-12,14H,13H2,1-2H3,(H,27,29)(H,24,25,26,28). The van der Waals surface area contributed by atoms with Gasteiger partial charge in [0.2, 0.25) is 5.91 Å². The van der Waals surface area contributed by atoms with Gasteiger partial charge in [0.05, 0.1) is 11.6 Å². The second kappa shape index (κ2) is 8.92. The molecule has 0 atom stereocenters. The van der Waals surface area contributed by atoms with Crippen molar-refractivity contribution in [2.75, 3.05) is 5.32 Å². The monoisotopic (exact) mass is 415 g/mol. The first kappa shape index (κ1) is 19.8. The number of carbonyl (C=O) groups is 1. The first-order chi connectivity index (χ1) is 14.6. The van der Waals surface area contributed by atoms with Crippen LogP contribution in [0.15, 0.2) is 72.2 Å². The number of nitrogens with zero attached hydrogens (tertiary/aromatic N) is 3. The van der Waals surface area contributed by atoms with Gasteiger partial charge in [-0.15, -0.1) is 11.8 Å². The predicted octanol–water partition coefficient (Wildman–Crippen LogP) is 5.00. The summed E-state index contributed by atoms with van der Waals surface area (Å²) in [5.41, 5.74) is 5.74. The van der Waals surface area contributed by atoms with Gasteiger partial charge in [-0.2, -0.15) is 5.10 Å². The number of anilines is 1. The van der Waals surface area contributed by atoms with Crippen molar-refractivity contribution in [3.05, 3.63) is 83.8 Å². The lowest BCUT2D eigenvalue weighted by atomic mass is 10.0. The molecule has 4 aromatic rings. The van der Waals surface area contributed by atoms with Crippen LogP contribution in [-0.4, -0.2) is 26.1 Å². The van der Waals surface area contributed by atoms with Gasteiger partial charge in [-0.1, -0.05) is 36.4 Å². The highest BCUT2D eigenvalue weighted by atomic mass is 32.2. The summed E-state index contributed by atoms with van der Waals surface area (Å²) in [5, 5.41) is 11.6. The average molecular weight is 416 g/mol. The van der Waals surface area contributed by atoms with Crippen molar-refractivity contribution in [1.29, 1.82) is 0 Å². The van der Waals surface area contributed by atoms with Crippen molar-refractivity contribution in [1.82, 2.24) is 20.2 Å². The van der Waals surface area contributed by atoms with Crippen molar-refractivity contribution in [2.24, 2.45) is 0 Å². The summed E-state index contributed by atoms with van der Waals surface area (Å²) in [6.07, 6.45) is 4.90. The number of aromatic nitrogens is 4. The van der Waals surface area contributed by atoms with E-state index < -0.39 is 0 Å². The van der Waals surface area contributed by atoms with E-state index in [1.54, 1.807) is 24.0 Å². The molecule has 0 radical (unpaired) electrons. The molecule has 2 aromatic carbocycles. The van der Waals surface area contributed by atoms with E-state index >= 15 is 0 Å². The molecule has 150 valence electrons. The minimum absolute atomic E-state index is 0.142. The summed E-state index contributed by atoms with van der Waals surface area (Å²) in [6, 6.07) is 15.9. The first-order valence-corrected chi connectivity index (χ1v) is 10.5. The topological polar surface area (TPSA) is 83.6 Å². The number of carbonyl (C=O) groups excluding carboxylic acids is 1. The number of allylic oxidation sites excluding steroid dienone is 1. The highest BCUT2D eigenvalue weighted by Crippen LogP contribution is 2.27. The molecule has 2 aromatic heterocycles. The van der Waals surface area contributed by atoms with Crippen LogP contribution in [0.3, 0.4) is 0 Å². The lowest BCUT2D eigenvalue weighted by Crippen LogP contribution is -2.09. The minimum atomic E-state index is -0.142. The second-order valence-corrected chi connectivity index (χ2v) is 7.90. The summed E-state index contributed by atoms with van der Waals surface area (Å²) >= 11 is 1.61. The zero-order valence-electron chi connectivity index (χ0n) is 16.7. The second-order valence-electron chi connectivity index (χ2n) is 6.93. The highest BCUT2D eigenvalue weighted by Gasteiger charge is 2.08. The fourth-order valence-electron chi connectivity index (χ4n) is 3.22. The third kappa shape index (κ3) is 4.58. The molecule has 0 aliphatic rings. The molecule has 0 aliphatic carbocycles. The molecule has 30 heavy (non-hydrogen) atoms. The Balaban J connectivity index is 1.43. The quantitative estimate of drug-likeness (QED) is 0.263. The Hall–Kier alpha value is -3.45. The van der Waals surface area contributed by atoms with Crippen LogP contribution in [0, 0.1) is 6.92 Å². The van der Waals surface area contributed by atoms with E-state index in [0.29, 0.717) is 0 Å². The summed E-state index contributed by atoms with van der Waals surface area (Å²) in [6.45, 7) is 3.99. The van der Waals surface area contributed by atoms with Crippen LogP contribution in [0.1, 0.15) is 23.6 Å². The molecule has 2 N–H and O–H groups in total. The molecule has 0 fully saturated rings. The van der Waals surface area contributed by atoms with Gasteiger partial charge in [-0.3, -0.25) is 9.89 Å². The molecule has 0 spiro atoms. The Bertz CT molecular complexity index is 1230. The Morgan fingerprint density at radius 3 is 2.90 bits per heavy atom. The molecule has 0 saturated heterocycles. The molecule has 4 rings (SSSR count). The zero-order valence-corrected chi connectivity index (χ0v) is 17.5. The number of H-pyrrole nitrogens is 1. The Morgan fingerprint density at radius 1 is 1.17 bits per heavy atom. The fourth-order valence-corrected chi connectivity index (χ4v) is 4.13. The Morgan fingerprint density at radius 2 is 2.03 bits per heavy atom. The van der Waals surface area contributed by atoms with E-state index in [1.807, 2.05) is 62.4 Å². The molecule has 2 heterocycles. The maximum atomic E-state index is 12.5. The molecular formula is C23H21N5OS. The van der Waals surface area contributed by atoms with Crippen molar-refractivity contribution >= 4 is 40.0 Å². The molecule has 7 heteroatoms. The lowest BCUT2D eigenvalue weighted by molar-refractivity contribution is -0.111. The molecule has 6 nitrogen and oxygen atoms in total. The minimum Gasteiger partial charge on any atom is -0.322 e. The van der Waals surface area contributed by atoms with E-state index in [9.17, 15) is 4.79 Å². The number of hydrogen-bond acceptors (Lipinski definition) is 5. The van der Waals surface area contributed by atoms with Crippen molar-refractivity contribution < 1.29 is 4.79 Å². The smallest absolute Gasteiger partial charge is 0.248 e. The molecule has 0 saturated carbocycles. The number of thioether (sulfide) groups is 1. The maximum Gasteiger partial charge on any atom is 0.248 e. The third-order valence-corrected chi connectivity index (χ3v) is 5.78. The third-order valence-electron chi connectivity index (χ3n) is 4.70. The number of nitrogens with one attached hydrogen (secondary N) is 2. The summed E-state index contributed by atoms with van der Waals surface area (Å²) in [5.74, 6) is 0.579.